The van der Waals surface area contributed by atoms with E-state index < -0.39 is 10.0 Å². The third-order valence-corrected chi connectivity index (χ3v) is 8.78. The van der Waals surface area contributed by atoms with Crippen molar-refractivity contribution in [3.05, 3.63) is 40.1 Å². The molecule has 1 aromatic carbocycles. The first kappa shape index (κ1) is 28.2. The third kappa shape index (κ3) is 5.93. The quantitative estimate of drug-likeness (QED) is 0.331. The monoisotopic (exact) mass is 546 g/mol. The molecular weight excluding hydrogens is 508 g/mol. The minimum absolute atomic E-state index is 0.0431. The summed E-state index contributed by atoms with van der Waals surface area (Å²) in [5, 5.41) is 13.9. The second kappa shape index (κ2) is 12.4. The summed E-state index contributed by atoms with van der Waals surface area (Å²) >= 11 is 0. The number of ether oxygens (including phenoxy) is 1. The molecule has 12 heteroatoms. The number of H-pyrrole nitrogens is 1. The molecule has 0 saturated carbocycles. The summed E-state index contributed by atoms with van der Waals surface area (Å²) in [6.45, 7) is 8.50. The van der Waals surface area contributed by atoms with Gasteiger partial charge in [-0.05, 0) is 38.5 Å². The molecule has 38 heavy (non-hydrogen) atoms. The van der Waals surface area contributed by atoms with E-state index in [1.165, 1.54) is 16.4 Å². The lowest BCUT2D eigenvalue weighted by atomic mass is 10.1. The number of rotatable bonds is 12. The molecule has 4 rings (SSSR count). The molecule has 3 heterocycles. The molecule has 1 aliphatic rings. The van der Waals surface area contributed by atoms with Crippen LogP contribution in [0.2, 0.25) is 0 Å². The van der Waals surface area contributed by atoms with E-state index in [1.54, 1.807) is 17.5 Å². The molecule has 0 spiro atoms. The molecule has 2 aromatic heterocycles. The molecule has 1 fully saturated rings. The molecular formula is C26H38N6O5S. The van der Waals surface area contributed by atoms with Crippen LogP contribution >= 0.6 is 0 Å². The maximum absolute atomic E-state index is 13.5. The maximum atomic E-state index is 13.5. The number of benzene rings is 1. The number of nitrogens with zero attached hydrogens (tertiary/aromatic N) is 5. The Morgan fingerprint density at radius 1 is 1.11 bits per heavy atom. The number of unbranched alkanes of at least 4 members (excludes halogenated alkanes) is 3. The van der Waals surface area contributed by atoms with Gasteiger partial charge in [0.25, 0.3) is 5.56 Å². The number of β-amino-alcohol motifs (C(OH)–C–C–N with tert-alkyl or cyclic N) is 1. The van der Waals surface area contributed by atoms with Crippen molar-refractivity contribution < 1.29 is 18.3 Å². The average Bonchev–Trinajstić information content (AvgIpc) is 3.23. The van der Waals surface area contributed by atoms with Gasteiger partial charge in [-0.25, -0.2) is 17.9 Å². The zero-order chi connectivity index (χ0) is 27.3. The number of sulfonamides is 1. The van der Waals surface area contributed by atoms with E-state index in [-0.39, 0.29) is 22.9 Å². The van der Waals surface area contributed by atoms with Crippen molar-refractivity contribution in [3.8, 4) is 17.1 Å². The van der Waals surface area contributed by atoms with E-state index in [9.17, 15) is 18.3 Å². The van der Waals surface area contributed by atoms with Crippen molar-refractivity contribution in [2.45, 2.75) is 57.8 Å². The standard InChI is InChI=1S/C26H38N6O5S/c1-4-6-7-8-9-23-27-19(3)24-26(34)28-25(29-32(23)24)21-18-20(10-11-22(21)37-5-2)38(35,36)31-14-12-30(13-15-31)16-17-33/h10-11,18,33H,4-9,12-17H2,1-3H3,(H,28,29,34). The predicted octanol–water partition coefficient (Wildman–Crippen LogP) is 2.21. The normalized spacial score (nSPS) is 15.4. The van der Waals surface area contributed by atoms with Gasteiger partial charge >= 0.3 is 0 Å². The minimum atomic E-state index is -3.79. The Bertz CT molecular complexity index is 1410. The Morgan fingerprint density at radius 2 is 1.87 bits per heavy atom. The van der Waals surface area contributed by atoms with Gasteiger partial charge in [0.2, 0.25) is 10.0 Å². The summed E-state index contributed by atoms with van der Waals surface area (Å²) in [5.74, 6) is 1.37. The van der Waals surface area contributed by atoms with Crippen LogP contribution in [0, 0.1) is 6.92 Å². The number of piperazine rings is 1. The van der Waals surface area contributed by atoms with Crippen molar-refractivity contribution in [2.24, 2.45) is 0 Å². The van der Waals surface area contributed by atoms with Crippen molar-refractivity contribution >= 4 is 15.5 Å². The van der Waals surface area contributed by atoms with Crippen LogP contribution < -0.4 is 10.3 Å². The maximum Gasteiger partial charge on any atom is 0.277 e. The van der Waals surface area contributed by atoms with Crippen LogP contribution in [0.15, 0.2) is 27.9 Å². The van der Waals surface area contributed by atoms with E-state index in [2.05, 4.69) is 16.9 Å². The van der Waals surface area contributed by atoms with E-state index >= 15 is 0 Å². The van der Waals surface area contributed by atoms with Crippen molar-refractivity contribution in [1.82, 2.24) is 28.8 Å². The molecule has 0 aliphatic carbocycles. The van der Waals surface area contributed by atoms with Crippen LogP contribution in [0.1, 0.15) is 51.0 Å². The molecule has 0 bridgehead atoms. The number of fused-ring (bicyclic) bond motifs is 1. The summed E-state index contributed by atoms with van der Waals surface area (Å²) in [4.78, 5) is 22.7. The Morgan fingerprint density at radius 3 is 2.55 bits per heavy atom. The number of aromatic amines is 1. The number of aliphatic hydroxyl groups is 1. The number of aliphatic hydroxyl groups excluding tert-OH is 1. The van der Waals surface area contributed by atoms with Crippen molar-refractivity contribution in [3.63, 3.8) is 0 Å². The number of hydrogen-bond acceptors (Lipinski definition) is 8. The van der Waals surface area contributed by atoms with Gasteiger partial charge in [0.15, 0.2) is 11.3 Å². The zero-order valence-corrected chi connectivity index (χ0v) is 23.3. The van der Waals surface area contributed by atoms with Crippen LogP contribution in [-0.4, -0.2) is 88.2 Å². The molecule has 0 radical (unpaired) electrons. The van der Waals surface area contributed by atoms with Gasteiger partial charge in [-0.3, -0.25) is 9.69 Å². The summed E-state index contributed by atoms with van der Waals surface area (Å²) < 4.78 is 35.9. The Balaban J connectivity index is 1.73. The molecule has 0 atom stereocenters. The molecule has 1 saturated heterocycles. The topological polar surface area (TPSA) is 133 Å². The first-order valence-corrected chi connectivity index (χ1v) is 14.8. The Labute approximate surface area is 223 Å². The average molecular weight is 547 g/mol. The summed E-state index contributed by atoms with van der Waals surface area (Å²) in [6, 6.07) is 4.67. The van der Waals surface area contributed by atoms with Crippen LogP contribution in [0.5, 0.6) is 5.75 Å². The van der Waals surface area contributed by atoms with Crippen LogP contribution in [0.25, 0.3) is 16.9 Å². The number of aryl methyl sites for hydroxylation is 2. The number of aromatic nitrogens is 4. The zero-order valence-electron chi connectivity index (χ0n) is 22.4. The summed E-state index contributed by atoms with van der Waals surface area (Å²) in [7, 11) is -3.79. The predicted molar refractivity (Wildman–Crippen MR) is 145 cm³/mol. The van der Waals surface area contributed by atoms with Gasteiger partial charge in [0, 0.05) is 39.1 Å². The molecule has 0 amide bonds. The first-order chi connectivity index (χ1) is 18.3. The first-order valence-electron chi connectivity index (χ1n) is 13.4. The fourth-order valence-corrected chi connectivity index (χ4v) is 6.30. The largest absolute Gasteiger partial charge is 0.493 e. The SMILES string of the molecule is CCCCCCc1nc(C)c2c(=O)[nH]c(-c3cc(S(=O)(=O)N4CCN(CCO)CC4)ccc3OCC)nn12. The van der Waals surface area contributed by atoms with Crippen LogP contribution in [0.4, 0.5) is 0 Å². The van der Waals surface area contributed by atoms with Gasteiger partial charge in [-0.15, -0.1) is 5.10 Å². The van der Waals surface area contributed by atoms with Gasteiger partial charge in [0.05, 0.1) is 29.4 Å². The minimum Gasteiger partial charge on any atom is -0.493 e. The highest BCUT2D eigenvalue weighted by Crippen LogP contribution is 2.31. The highest BCUT2D eigenvalue weighted by molar-refractivity contribution is 7.89. The fraction of sp³-hybridized carbons (Fsp3) is 0.577. The van der Waals surface area contributed by atoms with E-state index in [0.717, 1.165) is 25.7 Å². The van der Waals surface area contributed by atoms with Gasteiger partial charge < -0.3 is 14.8 Å². The number of imidazole rings is 1. The third-order valence-electron chi connectivity index (χ3n) is 6.89. The molecule has 208 valence electrons. The van der Waals surface area contributed by atoms with Gasteiger partial charge in [-0.2, -0.15) is 4.31 Å². The van der Waals surface area contributed by atoms with Crippen molar-refractivity contribution in [2.75, 3.05) is 45.9 Å². The van der Waals surface area contributed by atoms with E-state index in [1.807, 2.05) is 11.8 Å². The second-order valence-electron chi connectivity index (χ2n) is 9.55. The smallest absolute Gasteiger partial charge is 0.277 e. The second-order valence-corrected chi connectivity index (χ2v) is 11.5. The van der Waals surface area contributed by atoms with Gasteiger partial charge in [0.1, 0.15) is 11.6 Å². The lowest BCUT2D eigenvalue weighted by Crippen LogP contribution is -2.49. The fourth-order valence-electron chi connectivity index (χ4n) is 4.85. The summed E-state index contributed by atoms with van der Waals surface area (Å²) in [5.41, 5.74) is 1.06. The molecule has 11 nitrogen and oxygen atoms in total. The highest BCUT2D eigenvalue weighted by atomic mass is 32.2. The van der Waals surface area contributed by atoms with E-state index in [4.69, 9.17) is 9.84 Å². The van der Waals surface area contributed by atoms with Gasteiger partial charge in [-0.1, -0.05) is 26.2 Å². The van der Waals surface area contributed by atoms with Crippen LogP contribution in [-0.2, 0) is 16.4 Å². The molecule has 1 aliphatic heterocycles. The molecule has 0 unspecified atom stereocenters. The molecule has 2 N–H and O–H groups in total. The number of hydrogen-bond donors (Lipinski definition) is 2. The molecule has 3 aromatic rings. The number of nitrogens with one attached hydrogen (secondary N) is 1. The van der Waals surface area contributed by atoms with Crippen LogP contribution in [0.3, 0.4) is 0 Å². The van der Waals surface area contributed by atoms with Crippen molar-refractivity contribution in [1.29, 1.82) is 0 Å². The summed E-state index contributed by atoms with van der Waals surface area (Å²) in [6.07, 6.45) is 4.97. The Hall–Kier alpha value is -2.80. The highest BCUT2D eigenvalue weighted by Gasteiger charge is 2.29. The lowest BCUT2D eigenvalue weighted by Gasteiger charge is -2.33. The Kier molecular flexibility index (Phi) is 9.19. The van der Waals surface area contributed by atoms with E-state index in [0.29, 0.717) is 74.1 Å². The lowest BCUT2D eigenvalue weighted by molar-refractivity contribution is 0.151.